The molecule has 4 rings (SSSR count). The van der Waals surface area contributed by atoms with Crippen molar-refractivity contribution in [3.05, 3.63) is 105 Å². The van der Waals surface area contributed by atoms with Crippen molar-refractivity contribution in [3.8, 4) is 28.4 Å². The van der Waals surface area contributed by atoms with Crippen molar-refractivity contribution >= 4 is 17.5 Å². The Balaban J connectivity index is 1.47. The van der Waals surface area contributed by atoms with Gasteiger partial charge in [-0.3, -0.25) is 9.78 Å². The summed E-state index contributed by atoms with van der Waals surface area (Å²) >= 11 is 6.64. The monoisotopic (exact) mass is 615 g/mol. The van der Waals surface area contributed by atoms with Gasteiger partial charge in [0.15, 0.2) is 0 Å². The number of halogens is 1. The molecular weight excluding hydrogens is 574 g/mol. The fourth-order valence-corrected chi connectivity index (χ4v) is 5.23. The third-order valence-corrected chi connectivity index (χ3v) is 7.85. The molecule has 0 radical (unpaired) electrons. The summed E-state index contributed by atoms with van der Waals surface area (Å²) in [6.07, 6.45) is 5.91. The lowest BCUT2D eigenvalue weighted by Crippen LogP contribution is -2.18. The molecule has 1 heterocycles. The quantitative estimate of drug-likeness (QED) is 0.126. The zero-order chi connectivity index (χ0) is 31.5. The van der Waals surface area contributed by atoms with Crippen LogP contribution in [0.15, 0.2) is 67.0 Å². The fraction of sp³-hybridized carbons (Fsp3) is 0.333. The Morgan fingerprint density at radius 2 is 1.59 bits per heavy atom. The van der Waals surface area contributed by atoms with E-state index < -0.39 is 5.91 Å². The Bertz CT molecular complexity index is 1570. The van der Waals surface area contributed by atoms with Crippen LogP contribution in [0.1, 0.15) is 64.9 Å². The van der Waals surface area contributed by atoms with Crippen LogP contribution in [0, 0.1) is 13.8 Å². The van der Waals surface area contributed by atoms with Crippen molar-refractivity contribution in [2.24, 2.45) is 5.73 Å². The lowest BCUT2D eigenvalue weighted by molar-refractivity contribution is 0.0999. The van der Waals surface area contributed by atoms with Gasteiger partial charge in [-0.05, 0) is 97.8 Å². The van der Waals surface area contributed by atoms with Crippen LogP contribution in [0.5, 0.6) is 17.2 Å². The van der Waals surface area contributed by atoms with Crippen LogP contribution in [0.25, 0.3) is 11.1 Å². The average Bonchev–Trinajstić information content (AvgIpc) is 3.03. The molecule has 0 unspecified atom stereocenters. The van der Waals surface area contributed by atoms with Crippen molar-refractivity contribution in [1.82, 2.24) is 10.3 Å². The van der Waals surface area contributed by atoms with Crippen molar-refractivity contribution in [3.63, 3.8) is 0 Å². The van der Waals surface area contributed by atoms with E-state index in [1.165, 1.54) is 6.20 Å². The zero-order valence-corrected chi connectivity index (χ0v) is 26.8. The first-order valence-electron chi connectivity index (χ1n) is 15.2. The second-order valence-corrected chi connectivity index (χ2v) is 11.1. The Morgan fingerprint density at radius 3 is 2.34 bits per heavy atom. The molecular formula is C36H42ClN3O4. The van der Waals surface area contributed by atoms with E-state index in [4.69, 9.17) is 31.5 Å². The number of aryl methyl sites for hydroxylation is 1. The molecule has 0 aliphatic carbocycles. The van der Waals surface area contributed by atoms with Gasteiger partial charge in [0, 0.05) is 24.0 Å². The van der Waals surface area contributed by atoms with E-state index in [0.717, 1.165) is 77.0 Å². The number of rotatable bonds is 16. The SMILES string of the molecule is CCCNCCCOc1cccc(-c2cccc(COc3cc(OCc4cncc(C(N)=O)c4)c(CC)cc3Cl)c2C)c1C. The highest BCUT2D eigenvalue weighted by atomic mass is 35.5. The summed E-state index contributed by atoms with van der Waals surface area (Å²) in [5.41, 5.74) is 13.0. The Morgan fingerprint density at radius 1 is 0.841 bits per heavy atom. The minimum absolute atomic E-state index is 0.223. The smallest absolute Gasteiger partial charge is 0.250 e. The van der Waals surface area contributed by atoms with Crippen molar-refractivity contribution in [1.29, 1.82) is 0 Å². The number of hydrogen-bond donors (Lipinski definition) is 2. The van der Waals surface area contributed by atoms with E-state index in [9.17, 15) is 4.79 Å². The fourth-order valence-electron chi connectivity index (χ4n) is 4.99. The maximum atomic E-state index is 11.5. The number of primary amides is 1. The molecule has 0 bridgehead atoms. The molecule has 7 nitrogen and oxygen atoms in total. The number of aromatic nitrogens is 1. The number of benzene rings is 3. The van der Waals surface area contributed by atoms with Crippen LogP contribution >= 0.6 is 11.6 Å². The number of amides is 1. The van der Waals surface area contributed by atoms with Crippen LogP contribution in [0.3, 0.4) is 0 Å². The Hall–Kier alpha value is -4.07. The summed E-state index contributed by atoms with van der Waals surface area (Å²) in [5, 5.41) is 3.94. The van der Waals surface area contributed by atoms with E-state index in [0.29, 0.717) is 35.3 Å². The van der Waals surface area contributed by atoms with Gasteiger partial charge in [0.25, 0.3) is 0 Å². The molecule has 1 aromatic heterocycles. The average molecular weight is 616 g/mol. The maximum absolute atomic E-state index is 11.5. The first kappa shape index (κ1) is 32.8. The lowest BCUT2D eigenvalue weighted by atomic mass is 9.93. The zero-order valence-electron chi connectivity index (χ0n) is 26.0. The maximum Gasteiger partial charge on any atom is 0.250 e. The van der Waals surface area contributed by atoms with Crippen LogP contribution in [0.2, 0.25) is 5.02 Å². The summed E-state index contributed by atoms with van der Waals surface area (Å²) in [6.45, 7) is 11.7. The molecule has 0 aliphatic heterocycles. The summed E-state index contributed by atoms with van der Waals surface area (Å²) in [5.74, 6) is 1.58. The molecule has 0 saturated carbocycles. The minimum Gasteiger partial charge on any atom is -0.493 e. The van der Waals surface area contributed by atoms with Crippen LogP contribution in [-0.2, 0) is 19.6 Å². The van der Waals surface area contributed by atoms with Gasteiger partial charge in [0.2, 0.25) is 5.91 Å². The number of ether oxygens (including phenoxy) is 3. The molecule has 3 aromatic carbocycles. The molecule has 3 N–H and O–H groups in total. The molecule has 0 fully saturated rings. The van der Waals surface area contributed by atoms with Crippen molar-refractivity contribution < 1.29 is 19.0 Å². The number of nitrogens with two attached hydrogens (primary N) is 1. The van der Waals surface area contributed by atoms with Gasteiger partial charge in [0.1, 0.15) is 30.5 Å². The number of hydrogen-bond acceptors (Lipinski definition) is 6. The van der Waals surface area contributed by atoms with E-state index in [-0.39, 0.29) is 6.61 Å². The highest BCUT2D eigenvalue weighted by Crippen LogP contribution is 2.36. The van der Waals surface area contributed by atoms with Gasteiger partial charge in [-0.15, -0.1) is 0 Å². The van der Waals surface area contributed by atoms with Gasteiger partial charge in [-0.2, -0.15) is 0 Å². The highest BCUT2D eigenvalue weighted by Gasteiger charge is 2.15. The number of carbonyl (C=O) groups excluding carboxylic acids is 1. The molecule has 44 heavy (non-hydrogen) atoms. The van der Waals surface area contributed by atoms with Gasteiger partial charge in [0.05, 0.1) is 17.2 Å². The minimum atomic E-state index is -0.530. The van der Waals surface area contributed by atoms with Crippen molar-refractivity contribution in [2.45, 2.75) is 60.2 Å². The van der Waals surface area contributed by atoms with Crippen LogP contribution < -0.4 is 25.3 Å². The van der Waals surface area contributed by atoms with Gasteiger partial charge < -0.3 is 25.3 Å². The topological polar surface area (TPSA) is 95.7 Å². The molecule has 232 valence electrons. The van der Waals surface area contributed by atoms with E-state index >= 15 is 0 Å². The molecule has 8 heteroatoms. The second kappa shape index (κ2) is 16.1. The third-order valence-electron chi connectivity index (χ3n) is 7.56. The Kier molecular flexibility index (Phi) is 12.0. The number of pyridine rings is 1. The molecule has 1 amide bonds. The van der Waals surface area contributed by atoms with E-state index in [1.54, 1.807) is 12.3 Å². The van der Waals surface area contributed by atoms with Gasteiger partial charge in [-0.1, -0.05) is 55.8 Å². The predicted molar refractivity (Wildman–Crippen MR) is 177 cm³/mol. The van der Waals surface area contributed by atoms with Crippen LogP contribution in [-0.4, -0.2) is 30.6 Å². The number of nitrogens with zero attached hydrogens (tertiary/aromatic N) is 1. The summed E-state index contributed by atoms with van der Waals surface area (Å²) in [4.78, 5) is 15.6. The van der Waals surface area contributed by atoms with Crippen LogP contribution in [0.4, 0.5) is 0 Å². The molecule has 0 aliphatic rings. The third kappa shape index (κ3) is 8.52. The van der Waals surface area contributed by atoms with Gasteiger partial charge in [-0.25, -0.2) is 0 Å². The lowest BCUT2D eigenvalue weighted by Gasteiger charge is -2.18. The number of nitrogens with one attached hydrogen (secondary N) is 1. The number of carbonyl (C=O) groups is 1. The second-order valence-electron chi connectivity index (χ2n) is 10.7. The standard InChI is InChI=1S/C36H42ClN3O4/c1-5-14-39-15-9-16-42-33-13-8-12-31(25(33)4)30-11-7-10-28(24(30)3)23-44-35-19-34(27(6-2)18-32(35)37)43-22-26-17-29(36(38)41)21-40-20-26/h7-8,10-13,17-21,39H,5-6,9,14-16,22-23H2,1-4H3,(H2,38,41). The predicted octanol–water partition coefficient (Wildman–Crippen LogP) is 7.61. The van der Waals surface area contributed by atoms with Gasteiger partial charge >= 0.3 is 0 Å². The summed E-state index contributed by atoms with van der Waals surface area (Å²) < 4.78 is 18.5. The Labute approximate surface area is 265 Å². The summed E-state index contributed by atoms with van der Waals surface area (Å²) in [6, 6.07) is 17.9. The highest BCUT2D eigenvalue weighted by molar-refractivity contribution is 6.32. The first-order valence-corrected chi connectivity index (χ1v) is 15.5. The first-order chi connectivity index (χ1) is 21.3. The van der Waals surface area contributed by atoms with E-state index in [1.807, 2.05) is 31.2 Å². The molecule has 0 saturated heterocycles. The summed E-state index contributed by atoms with van der Waals surface area (Å²) in [7, 11) is 0. The normalized spacial score (nSPS) is 10.9. The van der Waals surface area contributed by atoms with Crippen molar-refractivity contribution in [2.75, 3.05) is 19.7 Å². The van der Waals surface area contributed by atoms with E-state index in [2.05, 4.69) is 55.3 Å². The molecule has 4 aromatic rings. The largest absolute Gasteiger partial charge is 0.493 e. The molecule has 0 spiro atoms. The molecule has 0 atom stereocenters.